The molecule has 0 radical (unpaired) electrons. The second-order valence-corrected chi connectivity index (χ2v) is 5.24. The lowest BCUT2D eigenvalue weighted by molar-refractivity contribution is -0.167. The van der Waals surface area contributed by atoms with Gasteiger partial charge in [-0.25, -0.2) is 0 Å². The van der Waals surface area contributed by atoms with Gasteiger partial charge in [-0.3, -0.25) is 4.84 Å². The van der Waals surface area contributed by atoms with E-state index in [1.165, 1.54) is 44.1 Å². The molecule has 2 atom stereocenters. The summed E-state index contributed by atoms with van der Waals surface area (Å²) in [5, 5.41) is 2.26. The number of hydroxylamine groups is 2. The van der Waals surface area contributed by atoms with E-state index in [0.29, 0.717) is 12.1 Å². The smallest absolute Gasteiger partial charge is 0.106 e. The molecule has 0 aromatic heterocycles. The van der Waals surface area contributed by atoms with Gasteiger partial charge in [-0.2, -0.15) is 5.06 Å². The van der Waals surface area contributed by atoms with Crippen molar-refractivity contribution < 1.29 is 4.84 Å². The maximum atomic E-state index is 6.12. The molecular weight excluding hydrogens is 210 g/mol. The highest BCUT2D eigenvalue weighted by molar-refractivity contribution is 5.18. The summed E-state index contributed by atoms with van der Waals surface area (Å²) in [4.78, 5) is 6.12. The highest BCUT2D eigenvalue weighted by atomic mass is 16.7. The SMILES string of the molecule is c1ccc([C@H]2C[C@H]3CCCCCCN3O2)cc1. The van der Waals surface area contributed by atoms with E-state index in [0.717, 1.165) is 6.54 Å². The predicted molar refractivity (Wildman–Crippen MR) is 68.5 cm³/mol. The van der Waals surface area contributed by atoms with Crippen LogP contribution in [0.4, 0.5) is 0 Å². The Bertz CT molecular complexity index is 335. The highest BCUT2D eigenvalue weighted by Gasteiger charge is 2.33. The van der Waals surface area contributed by atoms with Crippen molar-refractivity contribution in [2.45, 2.75) is 50.7 Å². The van der Waals surface area contributed by atoms with Crippen LogP contribution in [0.1, 0.15) is 50.2 Å². The number of nitrogens with zero attached hydrogens (tertiary/aromatic N) is 1. The Labute approximate surface area is 104 Å². The van der Waals surface area contributed by atoms with Crippen LogP contribution in [0.25, 0.3) is 0 Å². The molecule has 0 aliphatic carbocycles. The normalized spacial score (nSPS) is 30.6. The predicted octanol–water partition coefficient (Wildman–Crippen LogP) is 3.70. The quantitative estimate of drug-likeness (QED) is 0.730. The molecule has 0 spiro atoms. The fourth-order valence-corrected chi connectivity index (χ4v) is 3.02. The van der Waals surface area contributed by atoms with Gasteiger partial charge >= 0.3 is 0 Å². The molecule has 2 heterocycles. The molecule has 92 valence electrons. The van der Waals surface area contributed by atoms with E-state index in [1.54, 1.807) is 0 Å². The third-order valence-corrected chi connectivity index (χ3v) is 3.99. The van der Waals surface area contributed by atoms with Crippen molar-refractivity contribution >= 4 is 0 Å². The third kappa shape index (κ3) is 2.53. The van der Waals surface area contributed by atoms with E-state index >= 15 is 0 Å². The number of rotatable bonds is 1. The molecule has 2 fully saturated rings. The maximum Gasteiger partial charge on any atom is 0.106 e. The lowest BCUT2D eigenvalue weighted by Gasteiger charge is -2.24. The van der Waals surface area contributed by atoms with Crippen molar-refractivity contribution in [3.05, 3.63) is 35.9 Å². The number of hydrogen-bond acceptors (Lipinski definition) is 2. The molecular formula is C15H21NO. The fraction of sp³-hybridized carbons (Fsp3) is 0.600. The van der Waals surface area contributed by atoms with E-state index in [-0.39, 0.29) is 0 Å². The Morgan fingerprint density at radius 1 is 1.00 bits per heavy atom. The average Bonchev–Trinajstić information content (AvgIpc) is 2.73. The van der Waals surface area contributed by atoms with E-state index in [9.17, 15) is 0 Å². The molecule has 2 aliphatic rings. The first kappa shape index (κ1) is 11.2. The van der Waals surface area contributed by atoms with Crippen molar-refractivity contribution in [1.29, 1.82) is 0 Å². The maximum absolute atomic E-state index is 6.12. The Balaban J connectivity index is 1.70. The Kier molecular flexibility index (Phi) is 3.44. The summed E-state index contributed by atoms with van der Waals surface area (Å²) in [6.45, 7) is 1.12. The van der Waals surface area contributed by atoms with Gasteiger partial charge in [-0.1, -0.05) is 49.6 Å². The van der Waals surface area contributed by atoms with Crippen LogP contribution in [0.15, 0.2) is 30.3 Å². The van der Waals surface area contributed by atoms with Crippen molar-refractivity contribution in [3.63, 3.8) is 0 Å². The molecule has 2 heteroatoms. The van der Waals surface area contributed by atoms with Gasteiger partial charge in [0.1, 0.15) is 6.10 Å². The van der Waals surface area contributed by atoms with Gasteiger partial charge in [0, 0.05) is 12.6 Å². The molecule has 0 saturated carbocycles. The molecule has 2 saturated heterocycles. The minimum absolute atomic E-state index is 0.291. The molecule has 0 unspecified atom stereocenters. The Hall–Kier alpha value is -0.860. The van der Waals surface area contributed by atoms with Crippen LogP contribution in [0.2, 0.25) is 0 Å². The standard InChI is InChI=1S/C15H21NO/c1-2-7-11-16-14(10-6-1)12-15(17-16)13-8-4-3-5-9-13/h3-5,8-9,14-15H,1-2,6-7,10-12H2/t14-,15-/m1/s1. The van der Waals surface area contributed by atoms with Crippen molar-refractivity contribution in [2.24, 2.45) is 0 Å². The summed E-state index contributed by atoms with van der Waals surface area (Å²) in [7, 11) is 0. The topological polar surface area (TPSA) is 12.5 Å². The minimum Gasteiger partial charge on any atom is -0.291 e. The summed E-state index contributed by atoms with van der Waals surface area (Å²) in [6, 6.07) is 11.3. The van der Waals surface area contributed by atoms with Gasteiger partial charge in [0.2, 0.25) is 0 Å². The van der Waals surface area contributed by atoms with E-state index in [4.69, 9.17) is 4.84 Å². The molecule has 1 aromatic rings. The van der Waals surface area contributed by atoms with Crippen molar-refractivity contribution in [3.8, 4) is 0 Å². The molecule has 0 amide bonds. The van der Waals surface area contributed by atoms with Gasteiger partial charge < -0.3 is 0 Å². The third-order valence-electron chi connectivity index (χ3n) is 3.99. The van der Waals surface area contributed by atoms with E-state index < -0.39 is 0 Å². The van der Waals surface area contributed by atoms with Gasteiger partial charge in [-0.05, 0) is 24.8 Å². The summed E-state index contributed by atoms with van der Waals surface area (Å²) in [5.41, 5.74) is 1.33. The zero-order valence-corrected chi connectivity index (χ0v) is 10.3. The van der Waals surface area contributed by atoms with Crippen LogP contribution in [0, 0.1) is 0 Å². The minimum atomic E-state index is 0.291. The lowest BCUT2D eigenvalue weighted by Crippen LogP contribution is -2.30. The van der Waals surface area contributed by atoms with Crippen LogP contribution in [0.3, 0.4) is 0 Å². The summed E-state index contributed by atoms with van der Waals surface area (Å²) >= 11 is 0. The fourth-order valence-electron chi connectivity index (χ4n) is 3.02. The van der Waals surface area contributed by atoms with E-state index in [1.807, 2.05) is 0 Å². The largest absolute Gasteiger partial charge is 0.291 e. The molecule has 3 rings (SSSR count). The lowest BCUT2D eigenvalue weighted by atomic mass is 9.97. The monoisotopic (exact) mass is 231 g/mol. The first-order valence-corrected chi connectivity index (χ1v) is 6.92. The first-order chi connectivity index (χ1) is 8.43. The molecule has 1 aromatic carbocycles. The molecule has 0 bridgehead atoms. The van der Waals surface area contributed by atoms with Gasteiger partial charge in [0.15, 0.2) is 0 Å². The average molecular weight is 231 g/mol. The van der Waals surface area contributed by atoms with E-state index in [2.05, 4.69) is 35.4 Å². The van der Waals surface area contributed by atoms with Crippen LogP contribution in [-0.4, -0.2) is 17.6 Å². The summed E-state index contributed by atoms with van der Waals surface area (Å²) in [5.74, 6) is 0. The van der Waals surface area contributed by atoms with Crippen molar-refractivity contribution in [1.82, 2.24) is 5.06 Å². The zero-order valence-electron chi connectivity index (χ0n) is 10.3. The highest BCUT2D eigenvalue weighted by Crippen LogP contribution is 2.36. The van der Waals surface area contributed by atoms with Gasteiger partial charge in [-0.15, -0.1) is 0 Å². The number of hydrogen-bond donors (Lipinski definition) is 0. The van der Waals surface area contributed by atoms with Crippen LogP contribution >= 0.6 is 0 Å². The summed E-state index contributed by atoms with van der Waals surface area (Å²) in [6.07, 6.45) is 8.19. The van der Waals surface area contributed by atoms with Crippen LogP contribution in [0.5, 0.6) is 0 Å². The summed E-state index contributed by atoms with van der Waals surface area (Å²) < 4.78 is 0. The second-order valence-electron chi connectivity index (χ2n) is 5.24. The van der Waals surface area contributed by atoms with Gasteiger partial charge in [0.25, 0.3) is 0 Å². The second kappa shape index (κ2) is 5.19. The number of benzene rings is 1. The Morgan fingerprint density at radius 2 is 1.82 bits per heavy atom. The Morgan fingerprint density at radius 3 is 2.71 bits per heavy atom. The number of fused-ring (bicyclic) bond motifs is 1. The molecule has 0 N–H and O–H groups in total. The zero-order chi connectivity index (χ0) is 11.5. The van der Waals surface area contributed by atoms with Crippen LogP contribution in [-0.2, 0) is 4.84 Å². The molecule has 2 nitrogen and oxygen atoms in total. The van der Waals surface area contributed by atoms with Crippen LogP contribution < -0.4 is 0 Å². The molecule has 17 heavy (non-hydrogen) atoms. The first-order valence-electron chi connectivity index (χ1n) is 6.92. The van der Waals surface area contributed by atoms with Gasteiger partial charge in [0.05, 0.1) is 0 Å². The van der Waals surface area contributed by atoms with Crippen molar-refractivity contribution in [2.75, 3.05) is 6.54 Å². The molecule has 2 aliphatic heterocycles.